The van der Waals surface area contributed by atoms with E-state index in [1.807, 2.05) is 0 Å². The second-order valence-corrected chi connectivity index (χ2v) is 4.52. The summed E-state index contributed by atoms with van der Waals surface area (Å²) in [5, 5.41) is 0. The Kier molecular flexibility index (Phi) is 3.39. The molecular weight excluding hydrogens is 184 g/mol. The van der Waals surface area contributed by atoms with Crippen LogP contribution in [0.25, 0.3) is 0 Å². The highest BCUT2D eigenvalue weighted by atomic mass is 14.7. The van der Waals surface area contributed by atoms with E-state index in [2.05, 4.69) is 24.3 Å². The van der Waals surface area contributed by atoms with Gasteiger partial charge in [0.05, 0.1) is 0 Å². The standard InChI is InChI=1S/C13H20N2/c14-9-10-4-3-7-12(8-10)13(15)11-5-1-2-6-11/h3-4,7-8,11,13H,1-2,5-6,9,14-15H2. The monoisotopic (exact) mass is 204 g/mol. The van der Waals surface area contributed by atoms with E-state index in [1.165, 1.54) is 36.8 Å². The molecule has 1 fully saturated rings. The predicted molar refractivity (Wildman–Crippen MR) is 63.2 cm³/mol. The zero-order valence-electron chi connectivity index (χ0n) is 9.15. The van der Waals surface area contributed by atoms with Gasteiger partial charge in [-0.1, -0.05) is 37.1 Å². The van der Waals surface area contributed by atoms with Gasteiger partial charge in [-0.3, -0.25) is 0 Å². The number of benzene rings is 1. The third-order valence-corrected chi connectivity index (χ3v) is 3.48. The molecule has 0 heterocycles. The lowest BCUT2D eigenvalue weighted by Crippen LogP contribution is -2.19. The maximum absolute atomic E-state index is 6.28. The predicted octanol–water partition coefficient (Wildman–Crippen LogP) is 2.34. The summed E-state index contributed by atoms with van der Waals surface area (Å²) in [6, 6.07) is 8.61. The van der Waals surface area contributed by atoms with Gasteiger partial charge in [-0.15, -0.1) is 0 Å². The number of nitrogens with two attached hydrogens (primary N) is 2. The number of hydrogen-bond acceptors (Lipinski definition) is 2. The van der Waals surface area contributed by atoms with Gasteiger partial charge >= 0.3 is 0 Å². The first kappa shape index (κ1) is 10.7. The maximum Gasteiger partial charge on any atom is 0.0323 e. The van der Waals surface area contributed by atoms with Crippen molar-refractivity contribution in [2.24, 2.45) is 17.4 Å². The SMILES string of the molecule is NCc1cccc(C(N)C2CCCC2)c1. The van der Waals surface area contributed by atoms with E-state index in [0.717, 1.165) is 0 Å². The first-order valence-electron chi connectivity index (χ1n) is 5.86. The molecule has 1 atom stereocenters. The van der Waals surface area contributed by atoms with Crippen LogP contribution in [0, 0.1) is 5.92 Å². The Labute approximate surface area is 91.7 Å². The van der Waals surface area contributed by atoms with Gasteiger partial charge in [0.15, 0.2) is 0 Å². The van der Waals surface area contributed by atoms with Gasteiger partial charge in [-0.05, 0) is 29.9 Å². The highest BCUT2D eigenvalue weighted by Gasteiger charge is 2.23. The van der Waals surface area contributed by atoms with Crippen LogP contribution in [0.5, 0.6) is 0 Å². The molecule has 15 heavy (non-hydrogen) atoms. The van der Waals surface area contributed by atoms with E-state index in [1.54, 1.807) is 0 Å². The molecule has 0 spiro atoms. The summed E-state index contributed by atoms with van der Waals surface area (Å²) in [4.78, 5) is 0. The minimum Gasteiger partial charge on any atom is -0.326 e. The van der Waals surface area contributed by atoms with Gasteiger partial charge in [0, 0.05) is 12.6 Å². The Morgan fingerprint density at radius 3 is 2.67 bits per heavy atom. The van der Waals surface area contributed by atoms with Gasteiger partial charge in [-0.25, -0.2) is 0 Å². The summed E-state index contributed by atoms with van der Waals surface area (Å²) >= 11 is 0. The Morgan fingerprint density at radius 2 is 2.00 bits per heavy atom. The van der Waals surface area contributed by atoms with Crippen LogP contribution in [0.2, 0.25) is 0 Å². The molecule has 1 unspecified atom stereocenters. The van der Waals surface area contributed by atoms with Crippen molar-refractivity contribution in [1.29, 1.82) is 0 Å². The molecular formula is C13H20N2. The second-order valence-electron chi connectivity index (χ2n) is 4.52. The quantitative estimate of drug-likeness (QED) is 0.794. The molecule has 2 nitrogen and oxygen atoms in total. The molecule has 1 aromatic carbocycles. The molecule has 1 aliphatic carbocycles. The molecule has 0 bridgehead atoms. The van der Waals surface area contributed by atoms with E-state index in [0.29, 0.717) is 12.5 Å². The van der Waals surface area contributed by atoms with Crippen molar-refractivity contribution >= 4 is 0 Å². The van der Waals surface area contributed by atoms with Crippen molar-refractivity contribution in [3.05, 3.63) is 35.4 Å². The molecule has 1 aliphatic rings. The lowest BCUT2D eigenvalue weighted by Gasteiger charge is -2.19. The molecule has 0 aliphatic heterocycles. The normalized spacial score (nSPS) is 19.3. The number of rotatable bonds is 3. The highest BCUT2D eigenvalue weighted by Crippen LogP contribution is 2.34. The Balaban J connectivity index is 2.13. The van der Waals surface area contributed by atoms with E-state index < -0.39 is 0 Å². The van der Waals surface area contributed by atoms with Gasteiger partial charge in [-0.2, -0.15) is 0 Å². The van der Waals surface area contributed by atoms with Gasteiger partial charge in [0.25, 0.3) is 0 Å². The molecule has 0 aromatic heterocycles. The molecule has 82 valence electrons. The van der Waals surface area contributed by atoms with Crippen molar-refractivity contribution in [3.8, 4) is 0 Å². The fraction of sp³-hybridized carbons (Fsp3) is 0.538. The van der Waals surface area contributed by atoms with E-state index in [-0.39, 0.29) is 6.04 Å². The van der Waals surface area contributed by atoms with Crippen LogP contribution in [0.3, 0.4) is 0 Å². The van der Waals surface area contributed by atoms with E-state index in [9.17, 15) is 0 Å². The zero-order chi connectivity index (χ0) is 10.7. The van der Waals surface area contributed by atoms with E-state index in [4.69, 9.17) is 11.5 Å². The summed E-state index contributed by atoms with van der Waals surface area (Å²) in [6.07, 6.45) is 5.26. The summed E-state index contributed by atoms with van der Waals surface area (Å²) in [5.41, 5.74) is 14.4. The average molecular weight is 204 g/mol. The lowest BCUT2D eigenvalue weighted by atomic mass is 9.92. The highest BCUT2D eigenvalue weighted by molar-refractivity contribution is 5.26. The molecule has 1 saturated carbocycles. The largest absolute Gasteiger partial charge is 0.326 e. The van der Waals surface area contributed by atoms with Crippen molar-refractivity contribution < 1.29 is 0 Å². The molecule has 2 heteroatoms. The Hall–Kier alpha value is -0.860. The van der Waals surface area contributed by atoms with Crippen molar-refractivity contribution in [1.82, 2.24) is 0 Å². The van der Waals surface area contributed by atoms with Crippen LogP contribution in [-0.2, 0) is 6.54 Å². The topological polar surface area (TPSA) is 52.0 Å². The van der Waals surface area contributed by atoms with E-state index >= 15 is 0 Å². The maximum atomic E-state index is 6.28. The summed E-state index contributed by atoms with van der Waals surface area (Å²) in [6.45, 7) is 0.602. The molecule has 1 aromatic rings. The zero-order valence-corrected chi connectivity index (χ0v) is 9.15. The van der Waals surface area contributed by atoms with Crippen LogP contribution in [0.4, 0.5) is 0 Å². The van der Waals surface area contributed by atoms with Crippen LogP contribution in [0.15, 0.2) is 24.3 Å². The summed E-state index contributed by atoms with van der Waals surface area (Å²) in [7, 11) is 0. The third kappa shape index (κ3) is 2.39. The first-order chi connectivity index (χ1) is 7.31. The minimum atomic E-state index is 0.207. The molecule has 0 saturated heterocycles. The second kappa shape index (κ2) is 4.77. The first-order valence-corrected chi connectivity index (χ1v) is 5.86. The Bertz CT molecular complexity index is 316. The lowest BCUT2D eigenvalue weighted by molar-refractivity contribution is 0.444. The average Bonchev–Trinajstić information content (AvgIpc) is 2.81. The molecule has 0 amide bonds. The smallest absolute Gasteiger partial charge is 0.0323 e. The van der Waals surface area contributed by atoms with Crippen molar-refractivity contribution in [2.75, 3.05) is 0 Å². The molecule has 0 radical (unpaired) electrons. The Morgan fingerprint density at radius 1 is 1.27 bits per heavy atom. The molecule has 4 N–H and O–H groups in total. The van der Waals surface area contributed by atoms with Gasteiger partial charge in [0.2, 0.25) is 0 Å². The van der Waals surface area contributed by atoms with Crippen LogP contribution in [0.1, 0.15) is 42.9 Å². The van der Waals surface area contributed by atoms with Crippen molar-refractivity contribution in [3.63, 3.8) is 0 Å². The van der Waals surface area contributed by atoms with Gasteiger partial charge in [0.1, 0.15) is 0 Å². The summed E-state index contributed by atoms with van der Waals surface area (Å²) in [5.74, 6) is 0.679. The van der Waals surface area contributed by atoms with Gasteiger partial charge < -0.3 is 11.5 Å². The summed E-state index contributed by atoms with van der Waals surface area (Å²) < 4.78 is 0. The fourth-order valence-corrected chi connectivity index (χ4v) is 2.52. The molecule has 2 rings (SSSR count). The van der Waals surface area contributed by atoms with Crippen molar-refractivity contribution in [2.45, 2.75) is 38.3 Å². The van der Waals surface area contributed by atoms with Crippen LogP contribution >= 0.6 is 0 Å². The van der Waals surface area contributed by atoms with Crippen LogP contribution in [-0.4, -0.2) is 0 Å². The minimum absolute atomic E-state index is 0.207. The number of hydrogen-bond donors (Lipinski definition) is 2. The van der Waals surface area contributed by atoms with Crippen LogP contribution < -0.4 is 11.5 Å². The third-order valence-electron chi connectivity index (χ3n) is 3.48. The fourth-order valence-electron chi connectivity index (χ4n) is 2.52.